The van der Waals surface area contributed by atoms with Crippen molar-refractivity contribution in [3.8, 4) is 11.5 Å². The SMILES string of the molecule is O=C(C=Cc1ccc(O)c(O)c1)OC1C[C@@](O)(C(=O)O)C[C@@H](O)[C@@H]1O. The first-order valence-electron chi connectivity index (χ1n) is 7.35. The standard InChI is InChI=1S/C16H18O9/c17-9-3-1-8(5-10(9)18)2-4-13(20)25-12-7-16(24,15(22)23)6-11(19)14(12)21/h1-5,11-12,14,17-19,21,24H,6-7H2,(H,22,23)/t11-,12?,14+,16-/m1/s1. The number of aliphatic hydroxyl groups excluding tert-OH is 2. The molecule has 1 unspecified atom stereocenters. The summed E-state index contributed by atoms with van der Waals surface area (Å²) >= 11 is 0. The van der Waals surface area contributed by atoms with Gasteiger partial charge >= 0.3 is 11.9 Å². The summed E-state index contributed by atoms with van der Waals surface area (Å²) < 4.78 is 4.92. The van der Waals surface area contributed by atoms with Gasteiger partial charge in [-0.25, -0.2) is 9.59 Å². The Morgan fingerprint density at radius 1 is 1.16 bits per heavy atom. The van der Waals surface area contributed by atoms with Crippen molar-refractivity contribution >= 4 is 18.0 Å². The number of benzene rings is 1. The summed E-state index contributed by atoms with van der Waals surface area (Å²) in [4.78, 5) is 22.9. The molecule has 9 nitrogen and oxygen atoms in total. The third-order valence-electron chi connectivity index (χ3n) is 3.94. The average Bonchev–Trinajstić information content (AvgIpc) is 2.53. The van der Waals surface area contributed by atoms with Crippen LogP contribution >= 0.6 is 0 Å². The van der Waals surface area contributed by atoms with Gasteiger partial charge in [-0.15, -0.1) is 0 Å². The topological polar surface area (TPSA) is 165 Å². The molecule has 0 aliphatic heterocycles. The average molecular weight is 354 g/mol. The lowest BCUT2D eigenvalue weighted by atomic mass is 9.79. The van der Waals surface area contributed by atoms with Crippen LogP contribution in [-0.4, -0.2) is 66.5 Å². The summed E-state index contributed by atoms with van der Waals surface area (Å²) in [6, 6.07) is 3.83. The minimum absolute atomic E-state index is 0.327. The summed E-state index contributed by atoms with van der Waals surface area (Å²) in [6.07, 6.45) is -3.44. The van der Waals surface area contributed by atoms with Crippen molar-refractivity contribution in [2.24, 2.45) is 0 Å². The number of carboxylic acids is 1. The molecule has 0 spiro atoms. The van der Waals surface area contributed by atoms with E-state index in [1.54, 1.807) is 0 Å². The third kappa shape index (κ3) is 4.27. The molecule has 4 atom stereocenters. The fraction of sp³-hybridized carbons (Fsp3) is 0.375. The Balaban J connectivity index is 2.06. The molecule has 1 fully saturated rings. The van der Waals surface area contributed by atoms with Crippen LogP contribution in [-0.2, 0) is 14.3 Å². The van der Waals surface area contributed by atoms with Crippen LogP contribution in [0.1, 0.15) is 18.4 Å². The number of ether oxygens (including phenoxy) is 1. The molecule has 1 aromatic carbocycles. The smallest absolute Gasteiger partial charge is 0.335 e. The Kier molecular flexibility index (Phi) is 5.31. The number of phenolic OH excluding ortho intramolecular Hbond substituents is 2. The molecule has 0 amide bonds. The van der Waals surface area contributed by atoms with E-state index in [1.165, 1.54) is 24.3 Å². The van der Waals surface area contributed by atoms with Gasteiger partial charge in [0, 0.05) is 18.9 Å². The van der Waals surface area contributed by atoms with Gasteiger partial charge in [0.2, 0.25) is 0 Å². The number of phenols is 2. The number of esters is 1. The maximum Gasteiger partial charge on any atom is 0.335 e. The molecule has 1 saturated carbocycles. The van der Waals surface area contributed by atoms with E-state index in [2.05, 4.69) is 0 Å². The number of carbonyl (C=O) groups excluding carboxylic acids is 1. The minimum Gasteiger partial charge on any atom is -0.504 e. The van der Waals surface area contributed by atoms with Crippen molar-refractivity contribution < 1.29 is 45.0 Å². The van der Waals surface area contributed by atoms with Crippen molar-refractivity contribution in [2.75, 3.05) is 0 Å². The number of aromatic hydroxyl groups is 2. The Morgan fingerprint density at radius 3 is 2.44 bits per heavy atom. The van der Waals surface area contributed by atoms with Gasteiger partial charge in [-0.3, -0.25) is 0 Å². The van der Waals surface area contributed by atoms with E-state index in [4.69, 9.17) is 9.84 Å². The molecular formula is C16H18O9. The van der Waals surface area contributed by atoms with Crippen LogP contribution < -0.4 is 0 Å². The number of hydrogen-bond donors (Lipinski definition) is 6. The Labute approximate surface area is 142 Å². The normalized spacial score (nSPS) is 29.5. The van der Waals surface area contributed by atoms with Gasteiger partial charge in [-0.1, -0.05) is 6.07 Å². The summed E-state index contributed by atoms with van der Waals surface area (Å²) in [5.74, 6) is -3.24. The second kappa shape index (κ2) is 7.09. The summed E-state index contributed by atoms with van der Waals surface area (Å²) in [6.45, 7) is 0. The number of aliphatic carboxylic acids is 1. The van der Waals surface area contributed by atoms with Crippen molar-refractivity contribution in [1.82, 2.24) is 0 Å². The first-order chi connectivity index (χ1) is 11.6. The molecule has 0 aromatic heterocycles. The zero-order valence-electron chi connectivity index (χ0n) is 12.9. The fourth-order valence-corrected chi connectivity index (χ4v) is 2.53. The van der Waals surface area contributed by atoms with Gasteiger partial charge in [0.15, 0.2) is 17.1 Å². The van der Waals surface area contributed by atoms with Gasteiger partial charge in [-0.2, -0.15) is 0 Å². The molecule has 0 radical (unpaired) electrons. The number of carboxylic acid groups (broad SMARTS) is 1. The number of aliphatic hydroxyl groups is 3. The fourth-order valence-electron chi connectivity index (χ4n) is 2.53. The van der Waals surface area contributed by atoms with E-state index in [0.717, 1.165) is 6.08 Å². The van der Waals surface area contributed by atoms with Gasteiger partial charge in [0.1, 0.15) is 12.2 Å². The number of hydrogen-bond acceptors (Lipinski definition) is 8. The van der Waals surface area contributed by atoms with E-state index in [1.807, 2.05) is 0 Å². The van der Waals surface area contributed by atoms with E-state index < -0.39 is 48.7 Å². The van der Waals surface area contributed by atoms with Gasteiger partial charge < -0.3 is 35.4 Å². The highest BCUT2D eigenvalue weighted by atomic mass is 16.6. The lowest BCUT2D eigenvalue weighted by Gasteiger charge is -2.39. The van der Waals surface area contributed by atoms with E-state index in [-0.39, 0.29) is 11.5 Å². The molecule has 2 rings (SSSR count). The molecule has 25 heavy (non-hydrogen) atoms. The largest absolute Gasteiger partial charge is 0.504 e. The molecule has 9 heteroatoms. The molecule has 0 bridgehead atoms. The van der Waals surface area contributed by atoms with E-state index >= 15 is 0 Å². The van der Waals surface area contributed by atoms with Crippen LogP contribution in [0.15, 0.2) is 24.3 Å². The molecule has 136 valence electrons. The monoisotopic (exact) mass is 354 g/mol. The number of rotatable bonds is 4. The van der Waals surface area contributed by atoms with Crippen molar-refractivity contribution in [2.45, 2.75) is 36.8 Å². The van der Waals surface area contributed by atoms with Gasteiger partial charge in [0.25, 0.3) is 0 Å². The molecule has 1 aliphatic rings. The Bertz CT molecular complexity index is 699. The molecule has 6 N–H and O–H groups in total. The quantitative estimate of drug-likeness (QED) is 0.234. The van der Waals surface area contributed by atoms with Crippen LogP contribution in [0.4, 0.5) is 0 Å². The summed E-state index contributed by atoms with van der Waals surface area (Å²) in [5, 5.41) is 57.0. The Hall–Kier alpha value is -2.62. The highest BCUT2D eigenvalue weighted by Crippen LogP contribution is 2.31. The minimum atomic E-state index is -2.31. The van der Waals surface area contributed by atoms with Crippen molar-refractivity contribution in [1.29, 1.82) is 0 Å². The molecular weight excluding hydrogens is 336 g/mol. The Morgan fingerprint density at radius 2 is 1.84 bits per heavy atom. The molecule has 0 saturated heterocycles. The van der Waals surface area contributed by atoms with Crippen LogP contribution in [0.2, 0.25) is 0 Å². The van der Waals surface area contributed by atoms with Crippen LogP contribution in [0.3, 0.4) is 0 Å². The lowest BCUT2D eigenvalue weighted by Crippen LogP contribution is -2.57. The zero-order valence-corrected chi connectivity index (χ0v) is 12.9. The summed E-state index contributed by atoms with van der Waals surface area (Å²) in [7, 11) is 0. The second-order valence-electron chi connectivity index (χ2n) is 5.86. The molecule has 1 aromatic rings. The molecule has 1 aliphatic carbocycles. The summed E-state index contributed by atoms with van der Waals surface area (Å²) in [5.41, 5.74) is -1.94. The first-order valence-corrected chi connectivity index (χ1v) is 7.35. The van der Waals surface area contributed by atoms with Crippen molar-refractivity contribution in [3.63, 3.8) is 0 Å². The predicted octanol–water partition coefficient (Wildman–Crippen LogP) is -0.646. The lowest BCUT2D eigenvalue weighted by molar-refractivity contribution is -0.196. The highest BCUT2D eigenvalue weighted by Gasteiger charge is 2.50. The number of carbonyl (C=O) groups is 2. The third-order valence-corrected chi connectivity index (χ3v) is 3.94. The second-order valence-corrected chi connectivity index (χ2v) is 5.86. The van der Waals surface area contributed by atoms with Crippen LogP contribution in [0.25, 0.3) is 6.08 Å². The predicted molar refractivity (Wildman–Crippen MR) is 82.5 cm³/mol. The van der Waals surface area contributed by atoms with E-state index in [0.29, 0.717) is 5.56 Å². The first kappa shape index (κ1) is 18.7. The van der Waals surface area contributed by atoms with E-state index in [9.17, 15) is 35.1 Å². The van der Waals surface area contributed by atoms with Crippen LogP contribution in [0.5, 0.6) is 11.5 Å². The van der Waals surface area contributed by atoms with Crippen molar-refractivity contribution in [3.05, 3.63) is 29.8 Å². The zero-order chi connectivity index (χ0) is 18.8. The highest BCUT2D eigenvalue weighted by molar-refractivity contribution is 5.87. The van der Waals surface area contributed by atoms with Crippen LogP contribution in [0, 0.1) is 0 Å². The van der Waals surface area contributed by atoms with Gasteiger partial charge in [-0.05, 0) is 23.8 Å². The maximum atomic E-state index is 11.8. The van der Waals surface area contributed by atoms with Gasteiger partial charge in [0.05, 0.1) is 6.10 Å². The molecule has 0 heterocycles. The maximum absolute atomic E-state index is 11.8.